The predicted molar refractivity (Wildman–Crippen MR) is 64.9 cm³/mol. The first-order chi connectivity index (χ1) is 6.69. The van der Waals surface area contributed by atoms with Gasteiger partial charge in [-0.2, -0.15) is 0 Å². The summed E-state index contributed by atoms with van der Waals surface area (Å²) in [5.74, 6) is 0.911. The van der Waals surface area contributed by atoms with Gasteiger partial charge in [-0.15, -0.1) is 0 Å². The largest absolute Gasteiger partial charge is 0.371 e. The second kappa shape index (κ2) is 3.93. The molecule has 0 atom stereocenters. The van der Waals surface area contributed by atoms with Crippen LogP contribution in [0.15, 0.2) is 22.7 Å². The number of halogens is 1. The maximum Gasteiger partial charge on any atom is 0.0380 e. The van der Waals surface area contributed by atoms with Gasteiger partial charge in [-0.25, -0.2) is 0 Å². The molecule has 1 saturated heterocycles. The molecule has 1 aromatic carbocycles. The molecule has 0 unspecified atom stereocenters. The zero-order chi connectivity index (χ0) is 10.1. The topological polar surface area (TPSA) is 3.24 Å². The molecule has 1 nitrogen and oxygen atoms in total. The highest BCUT2D eigenvalue weighted by atomic mass is 79.9. The SMILES string of the molecule is CCC1CN(c2cc(C)cc(Br)c2)C1. The summed E-state index contributed by atoms with van der Waals surface area (Å²) in [5, 5.41) is 0. The lowest BCUT2D eigenvalue weighted by atomic mass is 9.96. The van der Waals surface area contributed by atoms with Crippen molar-refractivity contribution in [2.75, 3.05) is 18.0 Å². The van der Waals surface area contributed by atoms with Gasteiger partial charge in [0.2, 0.25) is 0 Å². The summed E-state index contributed by atoms with van der Waals surface area (Å²) in [6.07, 6.45) is 1.31. The van der Waals surface area contributed by atoms with Crippen molar-refractivity contribution < 1.29 is 0 Å². The van der Waals surface area contributed by atoms with E-state index in [9.17, 15) is 0 Å². The smallest absolute Gasteiger partial charge is 0.0380 e. The standard InChI is InChI=1S/C12H16BrN/c1-3-10-7-14(8-10)12-5-9(2)4-11(13)6-12/h4-6,10H,3,7-8H2,1-2H3. The van der Waals surface area contributed by atoms with Crippen LogP contribution in [0.1, 0.15) is 18.9 Å². The second-order valence-corrected chi connectivity index (χ2v) is 5.08. The Morgan fingerprint density at radius 2 is 2.07 bits per heavy atom. The van der Waals surface area contributed by atoms with Gasteiger partial charge in [0, 0.05) is 23.2 Å². The minimum atomic E-state index is 0.911. The van der Waals surface area contributed by atoms with E-state index < -0.39 is 0 Å². The Hall–Kier alpha value is -0.500. The van der Waals surface area contributed by atoms with Gasteiger partial charge in [-0.05, 0) is 43.0 Å². The van der Waals surface area contributed by atoms with E-state index in [4.69, 9.17) is 0 Å². The van der Waals surface area contributed by atoms with Crippen LogP contribution in [0.5, 0.6) is 0 Å². The molecular formula is C12H16BrN. The Kier molecular flexibility index (Phi) is 2.82. The summed E-state index contributed by atoms with van der Waals surface area (Å²) < 4.78 is 1.19. The molecule has 0 radical (unpaired) electrons. The van der Waals surface area contributed by atoms with Gasteiger partial charge in [-0.1, -0.05) is 22.9 Å². The minimum absolute atomic E-state index is 0.911. The molecule has 1 fully saturated rings. The number of anilines is 1. The van der Waals surface area contributed by atoms with Crippen LogP contribution in [0.4, 0.5) is 5.69 Å². The second-order valence-electron chi connectivity index (χ2n) is 4.17. The molecule has 2 heteroatoms. The van der Waals surface area contributed by atoms with E-state index in [0.717, 1.165) is 5.92 Å². The van der Waals surface area contributed by atoms with Gasteiger partial charge in [-0.3, -0.25) is 0 Å². The number of aryl methyl sites for hydroxylation is 1. The molecule has 0 spiro atoms. The van der Waals surface area contributed by atoms with E-state index in [2.05, 4.69) is 52.9 Å². The number of rotatable bonds is 2. The van der Waals surface area contributed by atoms with E-state index >= 15 is 0 Å². The Labute approximate surface area is 94.2 Å². The van der Waals surface area contributed by atoms with Crippen molar-refractivity contribution in [1.82, 2.24) is 0 Å². The highest BCUT2D eigenvalue weighted by Crippen LogP contribution is 2.29. The van der Waals surface area contributed by atoms with Crippen molar-refractivity contribution in [1.29, 1.82) is 0 Å². The monoisotopic (exact) mass is 253 g/mol. The van der Waals surface area contributed by atoms with Crippen molar-refractivity contribution in [2.45, 2.75) is 20.3 Å². The van der Waals surface area contributed by atoms with Crippen LogP contribution in [0.25, 0.3) is 0 Å². The maximum atomic E-state index is 3.54. The first kappa shape index (κ1) is 10.0. The first-order valence-corrected chi connectivity index (χ1v) is 6.00. The van der Waals surface area contributed by atoms with Gasteiger partial charge in [0.1, 0.15) is 0 Å². The summed E-state index contributed by atoms with van der Waals surface area (Å²) in [6, 6.07) is 6.62. The van der Waals surface area contributed by atoms with E-state index in [1.54, 1.807) is 0 Å². The Morgan fingerprint density at radius 1 is 1.36 bits per heavy atom. The molecule has 0 aromatic heterocycles. The Balaban J connectivity index is 2.10. The third kappa shape index (κ3) is 1.95. The molecule has 0 bridgehead atoms. The van der Waals surface area contributed by atoms with Gasteiger partial charge >= 0.3 is 0 Å². The molecule has 14 heavy (non-hydrogen) atoms. The molecular weight excluding hydrogens is 238 g/mol. The van der Waals surface area contributed by atoms with Crippen LogP contribution in [-0.2, 0) is 0 Å². The van der Waals surface area contributed by atoms with Crippen LogP contribution in [0.3, 0.4) is 0 Å². The van der Waals surface area contributed by atoms with Crippen LogP contribution in [0.2, 0.25) is 0 Å². The average Bonchev–Trinajstić information content (AvgIpc) is 2.00. The summed E-state index contributed by atoms with van der Waals surface area (Å²) >= 11 is 3.54. The fourth-order valence-corrected chi connectivity index (χ4v) is 2.53. The quantitative estimate of drug-likeness (QED) is 0.779. The molecule has 1 aromatic rings. The molecule has 1 aliphatic rings. The maximum absolute atomic E-state index is 3.54. The molecule has 1 aliphatic heterocycles. The highest BCUT2D eigenvalue weighted by molar-refractivity contribution is 9.10. The molecule has 0 amide bonds. The summed E-state index contributed by atoms with van der Waals surface area (Å²) in [7, 11) is 0. The third-order valence-corrected chi connectivity index (χ3v) is 3.38. The van der Waals surface area contributed by atoms with E-state index in [0.29, 0.717) is 0 Å². The van der Waals surface area contributed by atoms with Crippen molar-refractivity contribution in [3.05, 3.63) is 28.2 Å². The molecule has 76 valence electrons. The van der Waals surface area contributed by atoms with Crippen molar-refractivity contribution in [3.8, 4) is 0 Å². The lowest BCUT2D eigenvalue weighted by Crippen LogP contribution is -2.46. The summed E-state index contributed by atoms with van der Waals surface area (Å²) in [6.45, 7) is 6.87. The zero-order valence-electron chi connectivity index (χ0n) is 8.76. The predicted octanol–water partition coefficient (Wildman–Crippen LogP) is 3.60. The zero-order valence-corrected chi connectivity index (χ0v) is 10.3. The first-order valence-electron chi connectivity index (χ1n) is 5.21. The normalized spacial score (nSPS) is 16.9. The van der Waals surface area contributed by atoms with E-state index in [-0.39, 0.29) is 0 Å². The Morgan fingerprint density at radius 3 is 2.64 bits per heavy atom. The molecule has 0 saturated carbocycles. The minimum Gasteiger partial charge on any atom is -0.371 e. The van der Waals surface area contributed by atoms with Crippen LogP contribution >= 0.6 is 15.9 Å². The molecule has 1 heterocycles. The van der Waals surface area contributed by atoms with Gasteiger partial charge < -0.3 is 4.90 Å². The molecule has 0 aliphatic carbocycles. The van der Waals surface area contributed by atoms with Crippen LogP contribution in [-0.4, -0.2) is 13.1 Å². The number of nitrogens with zero attached hydrogens (tertiary/aromatic N) is 1. The van der Waals surface area contributed by atoms with Gasteiger partial charge in [0.25, 0.3) is 0 Å². The van der Waals surface area contributed by atoms with E-state index in [1.165, 1.54) is 35.2 Å². The average molecular weight is 254 g/mol. The Bertz CT molecular complexity index is 309. The van der Waals surface area contributed by atoms with Crippen LogP contribution in [0, 0.1) is 12.8 Å². The number of hydrogen-bond donors (Lipinski definition) is 0. The fourth-order valence-electron chi connectivity index (χ4n) is 1.94. The summed E-state index contributed by atoms with van der Waals surface area (Å²) in [5.41, 5.74) is 2.69. The highest BCUT2D eigenvalue weighted by Gasteiger charge is 2.25. The number of benzene rings is 1. The van der Waals surface area contributed by atoms with Gasteiger partial charge in [0.05, 0.1) is 0 Å². The van der Waals surface area contributed by atoms with Crippen molar-refractivity contribution in [3.63, 3.8) is 0 Å². The van der Waals surface area contributed by atoms with Crippen molar-refractivity contribution >= 4 is 21.6 Å². The van der Waals surface area contributed by atoms with Gasteiger partial charge in [0.15, 0.2) is 0 Å². The fraction of sp³-hybridized carbons (Fsp3) is 0.500. The number of hydrogen-bond acceptors (Lipinski definition) is 1. The van der Waals surface area contributed by atoms with Crippen molar-refractivity contribution in [2.24, 2.45) is 5.92 Å². The lowest BCUT2D eigenvalue weighted by molar-refractivity contribution is 0.399. The van der Waals surface area contributed by atoms with Crippen LogP contribution < -0.4 is 4.90 Å². The molecule has 2 rings (SSSR count). The van der Waals surface area contributed by atoms with E-state index in [1.807, 2.05) is 0 Å². The summed E-state index contributed by atoms with van der Waals surface area (Å²) in [4.78, 5) is 2.45. The molecule has 0 N–H and O–H groups in total. The lowest BCUT2D eigenvalue weighted by Gasteiger charge is -2.41. The third-order valence-electron chi connectivity index (χ3n) is 2.93.